The zero-order valence-corrected chi connectivity index (χ0v) is 64.7. The van der Waals surface area contributed by atoms with Crippen LogP contribution in [0.25, 0.3) is 139 Å². The van der Waals surface area contributed by atoms with Crippen molar-refractivity contribution in [3.8, 4) is 96.3 Å². The molecule has 0 aliphatic carbocycles. The summed E-state index contributed by atoms with van der Waals surface area (Å²) in [4.78, 5) is 13.8. The third kappa shape index (κ3) is 14.7. The van der Waals surface area contributed by atoms with Gasteiger partial charge in [-0.2, -0.15) is 22.3 Å². The van der Waals surface area contributed by atoms with Crippen LogP contribution in [-0.2, 0) is 21.1 Å². The maximum Gasteiger partial charge on any atom is 2.00 e. The van der Waals surface area contributed by atoms with Crippen LogP contribution in [0.3, 0.4) is 0 Å². The maximum absolute atomic E-state index is 6.48. The molecule has 12 aromatic carbocycles. The van der Waals surface area contributed by atoms with Gasteiger partial charge in [0.1, 0.15) is 29.0 Å². The predicted molar refractivity (Wildman–Crippen MR) is 463 cm³/mol. The van der Waals surface area contributed by atoms with E-state index in [0.717, 1.165) is 128 Å². The number of benzene rings is 12. The molecule has 8 heterocycles. The van der Waals surface area contributed by atoms with Gasteiger partial charge in [0.25, 0.3) is 0 Å². The van der Waals surface area contributed by atoms with E-state index in [0.29, 0.717) is 11.5 Å². The monoisotopic (exact) mass is 1710 g/mol. The normalized spacial score (nSPS) is 11.0. The minimum absolute atomic E-state index is 0. The minimum atomic E-state index is 0. The van der Waals surface area contributed by atoms with Gasteiger partial charge in [0.05, 0.1) is 39.1 Å². The predicted octanol–water partition coefficient (Wildman–Crippen LogP) is 26.0. The minimum Gasteiger partial charge on any atom is -0.509 e. The van der Waals surface area contributed by atoms with Gasteiger partial charge >= 0.3 is 21.1 Å². The number of halogens is 1. The molecule has 8 aromatic heterocycles. The van der Waals surface area contributed by atoms with Crippen LogP contribution in [0.4, 0.5) is 0 Å². The summed E-state index contributed by atoms with van der Waals surface area (Å²) in [7, 11) is 0. The van der Waals surface area contributed by atoms with Crippen molar-refractivity contribution < 1.29 is 30.5 Å². The second kappa shape index (κ2) is 32.7. The van der Waals surface area contributed by atoms with Gasteiger partial charge in [-0.15, -0.1) is 35.7 Å². The summed E-state index contributed by atoms with van der Waals surface area (Å²) in [6.45, 7) is 8.34. The van der Waals surface area contributed by atoms with E-state index in [2.05, 4.69) is 291 Å². The molecule has 0 aliphatic heterocycles. The average Bonchev–Trinajstić information content (AvgIpc) is 1.61. The number of hydrogen-bond donors (Lipinski definition) is 0. The Hall–Kier alpha value is -13.3. The fourth-order valence-corrected chi connectivity index (χ4v) is 15.5. The Bertz CT molecular complexity index is 6430. The van der Waals surface area contributed by atoms with Gasteiger partial charge in [0.15, 0.2) is 0 Å². The second-order valence-electron chi connectivity index (χ2n) is 27.0. The summed E-state index contributed by atoms with van der Waals surface area (Å²) >= 11 is 3.56. The third-order valence-electron chi connectivity index (χ3n) is 20.1. The molecule has 0 fully saturated rings. The number of fused-ring (bicyclic) bond motifs is 9. The molecule has 14 heteroatoms. The molecule has 113 heavy (non-hydrogen) atoms. The van der Waals surface area contributed by atoms with Crippen molar-refractivity contribution in [1.82, 2.24) is 48.2 Å². The quantitative estimate of drug-likeness (QED) is 0.106. The first-order chi connectivity index (χ1) is 54.1. The number of pyridine rings is 3. The van der Waals surface area contributed by atoms with Gasteiger partial charge in [-0.1, -0.05) is 230 Å². The molecule has 0 saturated carbocycles. The van der Waals surface area contributed by atoms with E-state index in [1.807, 2.05) is 143 Å². The molecule has 0 unspecified atom stereocenters. The number of para-hydroxylation sites is 3. The first-order valence-corrected chi connectivity index (χ1v) is 37.3. The SMILES string of the molecule is Brc1ccc2c3ccccc3n(-c3ccccn3)c2c1.C.C.Cc1nn(-c2[c-]c(Oc3[c-]c4c(cc3)c3ccccc3n4-c3ccccn3)ccc2)c(C)c1-c1ccc(-c2ccccc2)cc1.Cc1nn(-c2cccc(Oc3ccc4c5ccccc5n(-c5ccccn5)c4c3)c2)c(C)c1-c1ccc(-c2ccccc2)cc1.[Pt+2]. The Morgan fingerprint density at radius 2 is 0.726 bits per heavy atom. The molecule has 0 N–H and O–H groups in total. The van der Waals surface area contributed by atoms with Crippen LogP contribution >= 0.6 is 15.9 Å². The van der Waals surface area contributed by atoms with E-state index in [9.17, 15) is 0 Å². The second-order valence-corrected chi connectivity index (χ2v) is 27.9. The first-order valence-electron chi connectivity index (χ1n) is 36.5. The summed E-state index contributed by atoms with van der Waals surface area (Å²) < 4.78 is 24.4. The van der Waals surface area contributed by atoms with Crippen molar-refractivity contribution in [2.45, 2.75) is 42.5 Å². The van der Waals surface area contributed by atoms with Gasteiger partial charge in [0, 0.05) is 96.3 Å². The van der Waals surface area contributed by atoms with Gasteiger partial charge in [-0.25, -0.2) is 19.6 Å². The van der Waals surface area contributed by atoms with Crippen LogP contribution in [0.2, 0.25) is 0 Å². The van der Waals surface area contributed by atoms with E-state index in [-0.39, 0.29) is 35.9 Å². The number of hydrogen-bond acceptors (Lipinski definition) is 7. The summed E-state index contributed by atoms with van der Waals surface area (Å²) in [5.41, 5.74) is 21.7. The number of aromatic nitrogens is 10. The molecular formula is C99H77BrN10O2Pt. The third-order valence-corrected chi connectivity index (χ3v) is 20.6. The fourth-order valence-electron chi connectivity index (χ4n) is 15.2. The molecule has 0 radical (unpaired) electrons. The molecule has 0 bridgehead atoms. The van der Waals surface area contributed by atoms with E-state index >= 15 is 0 Å². The van der Waals surface area contributed by atoms with E-state index in [1.165, 1.54) is 49.4 Å². The van der Waals surface area contributed by atoms with Crippen molar-refractivity contribution in [3.63, 3.8) is 0 Å². The van der Waals surface area contributed by atoms with Crippen LogP contribution in [-0.4, -0.2) is 48.2 Å². The van der Waals surface area contributed by atoms with Crippen molar-refractivity contribution in [2.75, 3.05) is 0 Å². The Morgan fingerprint density at radius 1 is 0.310 bits per heavy atom. The van der Waals surface area contributed by atoms with Crippen LogP contribution in [0.15, 0.2) is 351 Å². The number of ether oxygens (including phenoxy) is 2. The molecular weight excluding hydrogens is 1640 g/mol. The molecule has 0 saturated heterocycles. The fraction of sp³-hybridized carbons (Fsp3) is 0.0606. The first kappa shape index (κ1) is 75.1. The Kier molecular flexibility index (Phi) is 21.7. The van der Waals surface area contributed by atoms with Crippen LogP contribution in [0.1, 0.15) is 37.6 Å². The average molecular weight is 1710 g/mol. The molecule has 0 amide bonds. The number of rotatable bonds is 13. The van der Waals surface area contributed by atoms with E-state index in [4.69, 9.17) is 19.7 Å². The smallest absolute Gasteiger partial charge is 0.509 e. The van der Waals surface area contributed by atoms with Crippen molar-refractivity contribution in [1.29, 1.82) is 0 Å². The Labute approximate surface area is 679 Å². The van der Waals surface area contributed by atoms with Gasteiger partial charge in [-0.3, -0.25) is 13.8 Å². The molecule has 20 rings (SSSR count). The van der Waals surface area contributed by atoms with Crippen molar-refractivity contribution >= 4 is 81.3 Å². The molecule has 0 spiro atoms. The Morgan fingerprint density at radius 3 is 1.27 bits per heavy atom. The topological polar surface area (TPSA) is 108 Å². The van der Waals surface area contributed by atoms with Crippen LogP contribution < -0.4 is 9.47 Å². The molecule has 0 aliphatic rings. The van der Waals surface area contributed by atoms with E-state index in [1.54, 1.807) is 6.20 Å². The molecule has 20 aromatic rings. The summed E-state index contributed by atoms with van der Waals surface area (Å²) in [6.07, 6.45) is 5.46. The van der Waals surface area contributed by atoms with Gasteiger partial charge in [0.2, 0.25) is 0 Å². The number of nitrogens with zero attached hydrogens (tertiary/aromatic N) is 10. The van der Waals surface area contributed by atoms with Crippen LogP contribution in [0.5, 0.6) is 23.0 Å². The van der Waals surface area contributed by atoms with Crippen molar-refractivity contribution in [3.05, 3.63) is 386 Å². The Balaban J connectivity index is 0.000000141. The summed E-state index contributed by atoms with van der Waals surface area (Å²) in [5, 5.41) is 16.9. The standard InChI is InChI=1S/C40H30N4O.C40H28N4O.C17H11BrN2.2CH4.Pt/c2*1-27-40(31-20-18-30(19-21-31)29-11-4-3-5-12-29)28(2)44(42-27)32-13-10-14-33(25-32)45-34-22-23-36-35-15-6-7-16-37(35)43(38(36)26-34)39-17-8-9-24-41-39;18-12-8-9-14-13-5-1-2-6-15(13)20(16(14)11-12)17-7-3-4-10-19-17;;;/h3-26H,1-2H3;3-24H,1-2H3;1-11H;2*1H4;/q;-2;;;;+2. The number of aryl methyl sites for hydroxylation is 2. The van der Waals surface area contributed by atoms with E-state index < -0.39 is 0 Å². The van der Waals surface area contributed by atoms with Crippen LogP contribution in [0, 0.1) is 39.8 Å². The molecule has 552 valence electrons. The zero-order valence-electron chi connectivity index (χ0n) is 60.9. The van der Waals surface area contributed by atoms with Gasteiger partial charge in [-0.05, 0) is 163 Å². The summed E-state index contributed by atoms with van der Waals surface area (Å²) in [5.74, 6) is 5.34. The molecule has 0 atom stereocenters. The van der Waals surface area contributed by atoms with Crippen molar-refractivity contribution in [2.24, 2.45) is 0 Å². The van der Waals surface area contributed by atoms with Gasteiger partial charge < -0.3 is 14.0 Å². The zero-order chi connectivity index (χ0) is 74.2. The summed E-state index contributed by atoms with van der Waals surface area (Å²) in [6, 6.07) is 119. The maximum atomic E-state index is 6.48. The molecule has 12 nitrogen and oxygen atoms in total. The largest absolute Gasteiger partial charge is 2.00 e.